The Bertz CT molecular complexity index is 215. The fraction of sp³-hybridized carbons (Fsp3) is 1.00. The second kappa shape index (κ2) is 8.16. The molecule has 0 unspecified atom stereocenters. The quantitative estimate of drug-likeness (QED) is 0.531. The Balaban J connectivity index is 3.35. The van der Waals surface area contributed by atoms with Crippen LogP contribution in [0.25, 0.3) is 0 Å². The van der Waals surface area contributed by atoms with Crippen LogP contribution in [0.15, 0.2) is 0 Å². The molecule has 14 heavy (non-hydrogen) atoms. The monoisotopic (exact) mass is 225 g/mol. The van der Waals surface area contributed by atoms with E-state index in [-0.39, 0.29) is 24.7 Å². The molecule has 86 valence electrons. The van der Waals surface area contributed by atoms with E-state index >= 15 is 0 Å². The molecule has 0 aliphatic heterocycles. The number of hydrogen-bond donors (Lipinski definition) is 1. The third kappa shape index (κ3) is 8.43. The first-order chi connectivity index (χ1) is 6.62. The number of rotatable bonds is 9. The van der Waals surface area contributed by atoms with Crippen LogP contribution in [-0.2, 0) is 19.3 Å². The maximum absolute atomic E-state index is 11.1. The standard InChI is InChI=1S/C8H19NO4S/c1-12-4-2-5-13-6-8-14(10,11)7-3-9/h2-9H2,1H3. The molecule has 0 aromatic heterocycles. The third-order valence-electron chi connectivity index (χ3n) is 1.60. The molecular weight excluding hydrogens is 206 g/mol. The first kappa shape index (κ1) is 13.8. The summed E-state index contributed by atoms with van der Waals surface area (Å²) < 4.78 is 32.2. The molecule has 6 heteroatoms. The van der Waals surface area contributed by atoms with Crippen LogP contribution in [0.4, 0.5) is 0 Å². The van der Waals surface area contributed by atoms with E-state index in [1.807, 2.05) is 0 Å². The van der Waals surface area contributed by atoms with Crippen molar-refractivity contribution in [3.63, 3.8) is 0 Å². The molecule has 0 rings (SSSR count). The molecule has 0 radical (unpaired) electrons. The van der Waals surface area contributed by atoms with Gasteiger partial charge in [-0.2, -0.15) is 0 Å². The molecule has 0 heterocycles. The van der Waals surface area contributed by atoms with Crippen molar-refractivity contribution in [3.05, 3.63) is 0 Å². The fourth-order valence-corrected chi connectivity index (χ4v) is 1.81. The molecule has 0 saturated heterocycles. The van der Waals surface area contributed by atoms with Crippen molar-refractivity contribution in [2.24, 2.45) is 5.73 Å². The van der Waals surface area contributed by atoms with Crippen LogP contribution in [0, 0.1) is 0 Å². The Labute approximate surface area is 85.5 Å². The van der Waals surface area contributed by atoms with Crippen molar-refractivity contribution >= 4 is 9.84 Å². The first-order valence-corrected chi connectivity index (χ1v) is 6.41. The van der Waals surface area contributed by atoms with E-state index in [9.17, 15) is 8.42 Å². The number of hydrogen-bond acceptors (Lipinski definition) is 5. The van der Waals surface area contributed by atoms with E-state index in [1.165, 1.54) is 0 Å². The van der Waals surface area contributed by atoms with Gasteiger partial charge in [0.2, 0.25) is 0 Å². The van der Waals surface area contributed by atoms with Crippen LogP contribution in [0.1, 0.15) is 6.42 Å². The minimum Gasteiger partial charge on any atom is -0.385 e. The zero-order valence-corrected chi connectivity index (χ0v) is 9.38. The van der Waals surface area contributed by atoms with E-state index in [1.54, 1.807) is 7.11 Å². The highest BCUT2D eigenvalue weighted by atomic mass is 32.2. The van der Waals surface area contributed by atoms with Gasteiger partial charge in [-0.15, -0.1) is 0 Å². The minimum absolute atomic E-state index is 0.0361. The van der Waals surface area contributed by atoms with Gasteiger partial charge in [-0.1, -0.05) is 0 Å². The Hall–Kier alpha value is -0.170. The molecule has 0 amide bonds. The average Bonchev–Trinajstić information content (AvgIpc) is 2.11. The molecule has 0 aromatic rings. The predicted molar refractivity (Wildman–Crippen MR) is 55.0 cm³/mol. The van der Waals surface area contributed by atoms with E-state index in [0.717, 1.165) is 6.42 Å². The van der Waals surface area contributed by atoms with Crippen molar-refractivity contribution < 1.29 is 17.9 Å². The molecule has 0 aromatic carbocycles. The Morgan fingerprint density at radius 2 is 1.86 bits per heavy atom. The van der Waals surface area contributed by atoms with Crippen molar-refractivity contribution in [3.8, 4) is 0 Å². The third-order valence-corrected chi connectivity index (χ3v) is 3.25. The Kier molecular flexibility index (Phi) is 8.07. The van der Waals surface area contributed by atoms with Gasteiger partial charge in [-0.25, -0.2) is 8.42 Å². The molecule has 2 N–H and O–H groups in total. The zero-order valence-electron chi connectivity index (χ0n) is 8.57. The van der Waals surface area contributed by atoms with Gasteiger partial charge in [0.15, 0.2) is 9.84 Å². The molecule has 0 saturated carbocycles. The molecule has 0 bridgehead atoms. The largest absolute Gasteiger partial charge is 0.385 e. The Morgan fingerprint density at radius 3 is 2.43 bits per heavy atom. The molecular formula is C8H19NO4S. The maximum atomic E-state index is 11.1. The van der Waals surface area contributed by atoms with E-state index < -0.39 is 9.84 Å². The summed E-state index contributed by atoms with van der Waals surface area (Å²) in [6, 6.07) is 0. The van der Waals surface area contributed by atoms with Crippen molar-refractivity contribution in [1.82, 2.24) is 0 Å². The second-order valence-corrected chi connectivity index (χ2v) is 5.20. The molecule has 0 spiro atoms. The van der Waals surface area contributed by atoms with Crippen LogP contribution >= 0.6 is 0 Å². The summed E-state index contributed by atoms with van der Waals surface area (Å²) in [4.78, 5) is 0. The van der Waals surface area contributed by atoms with E-state index in [0.29, 0.717) is 13.2 Å². The summed E-state index contributed by atoms with van der Waals surface area (Å²) in [5.74, 6) is 0.0889. The summed E-state index contributed by atoms with van der Waals surface area (Å²) in [5, 5.41) is 0. The number of ether oxygens (including phenoxy) is 2. The smallest absolute Gasteiger partial charge is 0.153 e. The van der Waals surface area contributed by atoms with Crippen molar-refractivity contribution in [2.45, 2.75) is 6.42 Å². The van der Waals surface area contributed by atoms with Gasteiger partial charge < -0.3 is 15.2 Å². The van der Waals surface area contributed by atoms with Crippen LogP contribution < -0.4 is 5.73 Å². The molecule has 0 aliphatic rings. The van der Waals surface area contributed by atoms with Crippen molar-refractivity contribution in [1.29, 1.82) is 0 Å². The van der Waals surface area contributed by atoms with Gasteiger partial charge in [-0.05, 0) is 6.42 Å². The Morgan fingerprint density at radius 1 is 1.14 bits per heavy atom. The molecule has 5 nitrogen and oxygen atoms in total. The summed E-state index contributed by atoms with van der Waals surface area (Å²) >= 11 is 0. The topological polar surface area (TPSA) is 78.6 Å². The summed E-state index contributed by atoms with van der Waals surface area (Å²) in [5.41, 5.74) is 5.15. The lowest BCUT2D eigenvalue weighted by molar-refractivity contribution is 0.112. The van der Waals surface area contributed by atoms with Crippen LogP contribution in [0.2, 0.25) is 0 Å². The summed E-state index contributed by atoms with van der Waals surface area (Å²) in [7, 11) is -1.39. The van der Waals surface area contributed by atoms with Gasteiger partial charge in [0, 0.05) is 26.9 Å². The molecule has 0 fully saturated rings. The normalized spacial score (nSPS) is 11.9. The number of methoxy groups -OCH3 is 1. The van der Waals surface area contributed by atoms with E-state index in [4.69, 9.17) is 15.2 Å². The van der Waals surface area contributed by atoms with Gasteiger partial charge in [0.05, 0.1) is 18.1 Å². The van der Waals surface area contributed by atoms with Crippen LogP contribution in [-0.4, -0.2) is 53.4 Å². The average molecular weight is 225 g/mol. The molecule has 0 atom stereocenters. The van der Waals surface area contributed by atoms with Crippen molar-refractivity contribution in [2.75, 3.05) is 45.0 Å². The lowest BCUT2D eigenvalue weighted by Crippen LogP contribution is -2.21. The minimum atomic E-state index is -3.01. The van der Waals surface area contributed by atoms with E-state index in [2.05, 4.69) is 0 Å². The number of sulfone groups is 1. The van der Waals surface area contributed by atoms with Gasteiger partial charge >= 0.3 is 0 Å². The first-order valence-electron chi connectivity index (χ1n) is 4.59. The summed E-state index contributed by atoms with van der Waals surface area (Å²) in [6.07, 6.45) is 0.785. The van der Waals surface area contributed by atoms with Gasteiger partial charge in [0.25, 0.3) is 0 Å². The molecule has 0 aliphatic carbocycles. The maximum Gasteiger partial charge on any atom is 0.153 e. The highest BCUT2D eigenvalue weighted by Crippen LogP contribution is 1.90. The summed E-state index contributed by atoms with van der Waals surface area (Å²) in [6.45, 7) is 1.58. The lowest BCUT2D eigenvalue weighted by atomic mass is 10.5. The number of nitrogens with two attached hydrogens (primary N) is 1. The fourth-order valence-electron chi connectivity index (χ4n) is 0.875. The lowest BCUT2D eigenvalue weighted by Gasteiger charge is -2.04. The van der Waals surface area contributed by atoms with Crippen LogP contribution in [0.5, 0.6) is 0 Å². The predicted octanol–water partition coefficient (Wildman–Crippen LogP) is -0.587. The zero-order chi connectivity index (χ0) is 10.9. The van der Waals surface area contributed by atoms with Gasteiger partial charge in [-0.3, -0.25) is 0 Å². The second-order valence-electron chi connectivity index (χ2n) is 2.90. The SMILES string of the molecule is COCCCOCCS(=O)(=O)CCN. The van der Waals surface area contributed by atoms with Gasteiger partial charge in [0.1, 0.15) is 0 Å². The van der Waals surface area contributed by atoms with Crippen LogP contribution in [0.3, 0.4) is 0 Å². The highest BCUT2D eigenvalue weighted by Gasteiger charge is 2.08. The highest BCUT2D eigenvalue weighted by molar-refractivity contribution is 7.91.